The molecule has 0 spiro atoms. The molecule has 1 aliphatic rings. The minimum atomic E-state index is -0.351. The Bertz CT molecular complexity index is 773. The molecule has 2 aromatic rings. The minimum absolute atomic E-state index is 0.0618. The Morgan fingerprint density at radius 2 is 1.91 bits per heavy atom. The van der Waals surface area contributed by atoms with Gasteiger partial charge in [-0.15, -0.1) is 0 Å². The standard InChI is InChI=1S/C17H21N3O2/c1-20-13-10-6-5-9-12(13)15(21)14(16(20)18)17(22)19-11-7-3-2-4-8-11/h5-6,9-11H,2-4,7-8,18H2,1H3,(H,19,22). The number of rotatable bonds is 2. The van der Waals surface area contributed by atoms with Gasteiger partial charge in [-0.25, -0.2) is 0 Å². The first kappa shape index (κ1) is 14.6. The highest BCUT2D eigenvalue weighted by Gasteiger charge is 2.22. The highest BCUT2D eigenvalue weighted by molar-refractivity contribution is 6.02. The van der Waals surface area contributed by atoms with Crippen LogP contribution in [-0.2, 0) is 7.05 Å². The van der Waals surface area contributed by atoms with Crippen molar-refractivity contribution in [3.8, 4) is 0 Å². The Balaban J connectivity index is 2.02. The van der Waals surface area contributed by atoms with E-state index in [1.807, 2.05) is 12.1 Å². The maximum atomic E-state index is 12.6. The molecule has 5 heteroatoms. The fourth-order valence-corrected chi connectivity index (χ4v) is 3.23. The molecule has 0 unspecified atom stereocenters. The van der Waals surface area contributed by atoms with Gasteiger partial charge in [0, 0.05) is 18.5 Å². The normalized spacial score (nSPS) is 15.9. The summed E-state index contributed by atoms with van der Waals surface area (Å²) < 4.78 is 1.70. The molecule has 3 rings (SSSR count). The number of hydrogen-bond acceptors (Lipinski definition) is 3. The SMILES string of the molecule is Cn1c(N)c(C(=O)NC2CCCCC2)c(=O)c2ccccc21. The van der Waals surface area contributed by atoms with Crippen molar-refractivity contribution in [2.45, 2.75) is 38.1 Å². The van der Waals surface area contributed by atoms with Crippen molar-refractivity contribution in [2.24, 2.45) is 7.05 Å². The summed E-state index contributed by atoms with van der Waals surface area (Å²) in [7, 11) is 1.77. The zero-order chi connectivity index (χ0) is 15.7. The van der Waals surface area contributed by atoms with Crippen LogP contribution >= 0.6 is 0 Å². The molecule has 3 N–H and O–H groups in total. The van der Waals surface area contributed by atoms with Crippen molar-refractivity contribution in [1.82, 2.24) is 9.88 Å². The average Bonchev–Trinajstić information content (AvgIpc) is 2.54. The van der Waals surface area contributed by atoms with E-state index in [4.69, 9.17) is 5.73 Å². The van der Waals surface area contributed by atoms with Gasteiger partial charge in [0.2, 0.25) is 5.43 Å². The summed E-state index contributed by atoms with van der Waals surface area (Å²) in [6.07, 6.45) is 5.40. The van der Waals surface area contributed by atoms with Crippen molar-refractivity contribution in [3.63, 3.8) is 0 Å². The number of nitrogens with two attached hydrogens (primary N) is 1. The topological polar surface area (TPSA) is 77.1 Å². The van der Waals surface area contributed by atoms with Gasteiger partial charge in [-0.2, -0.15) is 0 Å². The van der Waals surface area contributed by atoms with Crippen molar-refractivity contribution in [2.75, 3.05) is 5.73 Å². The van der Waals surface area contributed by atoms with Crippen LogP contribution in [0.25, 0.3) is 10.9 Å². The first-order valence-corrected chi connectivity index (χ1v) is 7.77. The Labute approximate surface area is 129 Å². The number of carbonyl (C=O) groups excluding carboxylic acids is 1. The number of fused-ring (bicyclic) bond motifs is 1. The molecule has 1 fully saturated rings. The third-order valence-corrected chi connectivity index (χ3v) is 4.52. The van der Waals surface area contributed by atoms with Gasteiger partial charge in [-0.05, 0) is 25.0 Å². The van der Waals surface area contributed by atoms with Gasteiger partial charge < -0.3 is 15.6 Å². The number of aryl methyl sites for hydroxylation is 1. The molecular formula is C17H21N3O2. The van der Waals surface area contributed by atoms with Crippen molar-refractivity contribution < 1.29 is 4.79 Å². The number of nitrogens with zero attached hydrogens (tertiary/aromatic N) is 1. The number of pyridine rings is 1. The van der Waals surface area contributed by atoms with E-state index in [9.17, 15) is 9.59 Å². The molecule has 1 amide bonds. The molecule has 0 atom stereocenters. The number of nitrogen functional groups attached to an aromatic ring is 1. The van der Waals surface area contributed by atoms with Crippen molar-refractivity contribution in [1.29, 1.82) is 0 Å². The molecule has 0 saturated heterocycles. The van der Waals surface area contributed by atoms with E-state index >= 15 is 0 Å². The fraction of sp³-hybridized carbons (Fsp3) is 0.412. The Hall–Kier alpha value is -2.30. The lowest BCUT2D eigenvalue weighted by atomic mass is 9.95. The van der Waals surface area contributed by atoms with Crippen LogP contribution in [-0.4, -0.2) is 16.5 Å². The van der Waals surface area contributed by atoms with Crippen LogP contribution in [0.2, 0.25) is 0 Å². The molecule has 1 aromatic carbocycles. The Kier molecular flexibility index (Phi) is 3.88. The molecule has 1 saturated carbocycles. The van der Waals surface area contributed by atoms with E-state index in [1.165, 1.54) is 6.42 Å². The molecule has 22 heavy (non-hydrogen) atoms. The summed E-state index contributed by atoms with van der Waals surface area (Å²) >= 11 is 0. The summed E-state index contributed by atoms with van der Waals surface area (Å²) in [4.78, 5) is 25.2. The maximum Gasteiger partial charge on any atom is 0.259 e. The molecule has 0 radical (unpaired) electrons. The lowest BCUT2D eigenvalue weighted by Crippen LogP contribution is -2.39. The van der Waals surface area contributed by atoms with E-state index < -0.39 is 0 Å². The Morgan fingerprint density at radius 3 is 2.64 bits per heavy atom. The number of para-hydroxylation sites is 1. The number of anilines is 1. The fourth-order valence-electron chi connectivity index (χ4n) is 3.23. The van der Waals surface area contributed by atoms with Gasteiger partial charge >= 0.3 is 0 Å². The van der Waals surface area contributed by atoms with Crippen LogP contribution in [0.3, 0.4) is 0 Å². The molecular weight excluding hydrogens is 278 g/mol. The number of carbonyl (C=O) groups is 1. The third kappa shape index (κ3) is 2.47. The molecule has 5 nitrogen and oxygen atoms in total. The first-order chi connectivity index (χ1) is 10.6. The first-order valence-electron chi connectivity index (χ1n) is 7.77. The van der Waals surface area contributed by atoms with E-state index in [0.29, 0.717) is 5.39 Å². The summed E-state index contributed by atoms with van der Waals surface area (Å²) in [6, 6.07) is 7.35. The van der Waals surface area contributed by atoms with Crippen LogP contribution in [0.5, 0.6) is 0 Å². The molecule has 0 aliphatic heterocycles. The third-order valence-electron chi connectivity index (χ3n) is 4.52. The zero-order valence-electron chi connectivity index (χ0n) is 12.8. The molecule has 1 aliphatic carbocycles. The van der Waals surface area contributed by atoms with Gasteiger partial charge in [0.1, 0.15) is 11.4 Å². The predicted molar refractivity (Wildman–Crippen MR) is 87.9 cm³/mol. The van der Waals surface area contributed by atoms with Gasteiger partial charge in [0.05, 0.1) is 5.52 Å². The van der Waals surface area contributed by atoms with Crippen LogP contribution in [0.15, 0.2) is 29.1 Å². The number of benzene rings is 1. The minimum Gasteiger partial charge on any atom is -0.384 e. The largest absolute Gasteiger partial charge is 0.384 e. The average molecular weight is 299 g/mol. The second-order valence-corrected chi connectivity index (χ2v) is 5.97. The number of amides is 1. The molecule has 1 aromatic heterocycles. The number of hydrogen-bond donors (Lipinski definition) is 2. The van der Waals surface area contributed by atoms with Crippen LogP contribution in [0.4, 0.5) is 5.82 Å². The van der Waals surface area contributed by atoms with Crippen LogP contribution in [0, 0.1) is 0 Å². The summed E-state index contributed by atoms with van der Waals surface area (Å²) in [6.45, 7) is 0. The van der Waals surface area contributed by atoms with E-state index in [2.05, 4.69) is 5.32 Å². The highest BCUT2D eigenvalue weighted by Crippen LogP contribution is 2.20. The van der Waals surface area contributed by atoms with E-state index in [1.54, 1.807) is 23.7 Å². The van der Waals surface area contributed by atoms with E-state index in [-0.39, 0.29) is 28.8 Å². The summed E-state index contributed by atoms with van der Waals surface area (Å²) in [5.41, 5.74) is 6.56. The molecule has 1 heterocycles. The lowest BCUT2D eigenvalue weighted by molar-refractivity contribution is 0.0927. The quantitative estimate of drug-likeness (QED) is 0.892. The monoisotopic (exact) mass is 299 g/mol. The lowest BCUT2D eigenvalue weighted by Gasteiger charge is -2.23. The van der Waals surface area contributed by atoms with Gasteiger partial charge in [-0.1, -0.05) is 31.4 Å². The smallest absolute Gasteiger partial charge is 0.259 e. The molecule has 116 valence electrons. The molecule has 0 bridgehead atoms. The van der Waals surface area contributed by atoms with Gasteiger partial charge in [-0.3, -0.25) is 9.59 Å². The maximum absolute atomic E-state index is 12.6. The van der Waals surface area contributed by atoms with Crippen molar-refractivity contribution >= 4 is 22.6 Å². The van der Waals surface area contributed by atoms with Gasteiger partial charge in [0.15, 0.2) is 0 Å². The predicted octanol–water partition coefficient (Wildman–Crippen LogP) is 2.18. The van der Waals surface area contributed by atoms with Gasteiger partial charge in [0.25, 0.3) is 5.91 Å². The van der Waals surface area contributed by atoms with Crippen molar-refractivity contribution in [3.05, 3.63) is 40.1 Å². The summed E-state index contributed by atoms with van der Waals surface area (Å²) in [5.74, 6) is -0.132. The number of nitrogens with one attached hydrogen (secondary N) is 1. The Morgan fingerprint density at radius 1 is 1.23 bits per heavy atom. The second-order valence-electron chi connectivity index (χ2n) is 5.97. The second kappa shape index (κ2) is 5.83. The highest BCUT2D eigenvalue weighted by atomic mass is 16.2. The van der Waals surface area contributed by atoms with Crippen LogP contribution in [0.1, 0.15) is 42.5 Å². The van der Waals surface area contributed by atoms with Crippen LogP contribution < -0.4 is 16.5 Å². The van der Waals surface area contributed by atoms with E-state index in [0.717, 1.165) is 31.2 Å². The summed E-state index contributed by atoms with van der Waals surface area (Å²) in [5, 5.41) is 3.50. The number of aromatic nitrogens is 1. The zero-order valence-corrected chi connectivity index (χ0v) is 12.8.